The van der Waals surface area contributed by atoms with E-state index in [9.17, 15) is 4.21 Å². The van der Waals surface area contributed by atoms with E-state index < -0.39 is 10.8 Å². The fourth-order valence-electron chi connectivity index (χ4n) is 1.56. The summed E-state index contributed by atoms with van der Waals surface area (Å²) in [5.41, 5.74) is 2.60. The van der Waals surface area contributed by atoms with Gasteiger partial charge in [0.25, 0.3) is 0 Å². The molecule has 90 valence electrons. The van der Waals surface area contributed by atoms with Crippen LogP contribution in [0.1, 0.15) is 24.5 Å². The summed E-state index contributed by atoms with van der Waals surface area (Å²) < 4.78 is 11.0. The Labute approximate surface area is 101 Å². The number of benzene rings is 1. The van der Waals surface area contributed by atoms with Crippen molar-refractivity contribution in [3.63, 3.8) is 0 Å². The van der Waals surface area contributed by atoms with Crippen LogP contribution in [-0.4, -0.2) is 22.3 Å². The van der Waals surface area contributed by atoms with Crippen LogP contribution in [0.5, 0.6) is 0 Å². The second-order valence-electron chi connectivity index (χ2n) is 4.34. The normalized spacial score (nSPS) is 14.7. The molecule has 0 amide bonds. The molecule has 0 aliphatic carbocycles. The van der Waals surface area contributed by atoms with Crippen molar-refractivity contribution in [2.75, 3.05) is 12.0 Å². The molecule has 2 atom stereocenters. The zero-order chi connectivity index (χ0) is 12.0. The van der Waals surface area contributed by atoms with Crippen molar-refractivity contribution in [3.05, 3.63) is 35.4 Å². The fourth-order valence-corrected chi connectivity index (χ4v) is 2.24. The number of hydrogen-bond acceptors (Lipinski definition) is 2. The SMILES string of the molecule is Cc1cccc(CNC(C)CCS(C)=O)c1. The highest BCUT2D eigenvalue weighted by Gasteiger charge is 2.02. The zero-order valence-electron chi connectivity index (χ0n) is 10.3. The van der Waals surface area contributed by atoms with Gasteiger partial charge in [0.05, 0.1) is 0 Å². The monoisotopic (exact) mass is 239 g/mol. The van der Waals surface area contributed by atoms with Crippen LogP contribution in [0, 0.1) is 6.92 Å². The number of rotatable bonds is 6. The third-order valence-electron chi connectivity index (χ3n) is 2.58. The molecule has 3 heteroatoms. The van der Waals surface area contributed by atoms with Crippen molar-refractivity contribution < 1.29 is 4.21 Å². The van der Waals surface area contributed by atoms with Crippen molar-refractivity contribution in [2.45, 2.75) is 32.9 Å². The Balaban J connectivity index is 2.31. The third-order valence-corrected chi connectivity index (χ3v) is 3.39. The summed E-state index contributed by atoms with van der Waals surface area (Å²) in [6.07, 6.45) is 2.72. The standard InChI is InChI=1S/C13H21NOS/c1-11-5-4-6-13(9-11)10-14-12(2)7-8-16(3)15/h4-6,9,12,14H,7-8,10H2,1-3H3. The summed E-state index contributed by atoms with van der Waals surface area (Å²) in [4.78, 5) is 0. The molecular weight excluding hydrogens is 218 g/mol. The van der Waals surface area contributed by atoms with Gasteiger partial charge in [-0.15, -0.1) is 0 Å². The largest absolute Gasteiger partial charge is 0.310 e. The predicted octanol–water partition coefficient (Wildman–Crippen LogP) is 2.24. The van der Waals surface area contributed by atoms with Crippen molar-refractivity contribution in [3.8, 4) is 0 Å². The Bertz CT molecular complexity index is 352. The van der Waals surface area contributed by atoms with E-state index in [1.54, 1.807) is 6.26 Å². The minimum Gasteiger partial charge on any atom is -0.310 e. The summed E-state index contributed by atoms with van der Waals surface area (Å²) in [5.74, 6) is 0.780. The Morgan fingerprint density at radius 1 is 1.44 bits per heavy atom. The summed E-state index contributed by atoms with van der Waals surface area (Å²) >= 11 is 0. The Morgan fingerprint density at radius 3 is 2.81 bits per heavy atom. The van der Waals surface area contributed by atoms with Gasteiger partial charge in [-0.3, -0.25) is 4.21 Å². The van der Waals surface area contributed by atoms with Gasteiger partial charge in [0.1, 0.15) is 0 Å². The van der Waals surface area contributed by atoms with Gasteiger partial charge in [-0.1, -0.05) is 29.8 Å². The fraction of sp³-hybridized carbons (Fsp3) is 0.538. The summed E-state index contributed by atoms with van der Waals surface area (Å²) in [5, 5.41) is 3.45. The maximum atomic E-state index is 11.0. The van der Waals surface area contributed by atoms with Gasteiger partial charge >= 0.3 is 0 Å². The van der Waals surface area contributed by atoms with Crippen molar-refractivity contribution >= 4 is 10.8 Å². The first kappa shape index (κ1) is 13.4. The molecule has 1 N–H and O–H groups in total. The van der Waals surface area contributed by atoms with Crippen LogP contribution in [0.2, 0.25) is 0 Å². The molecule has 2 nitrogen and oxygen atoms in total. The minimum atomic E-state index is -0.678. The van der Waals surface area contributed by atoms with Gasteiger partial charge in [0, 0.05) is 35.4 Å². The second kappa shape index (κ2) is 6.81. The average molecular weight is 239 g/mol. The van der Waals surface area contributed by atoms with Crippen LogP contribution in [0.4, 0.5) is 0 Å². The maximum absolute atomic E-state index is 11.0. The molecule has 1 aromatic rings. The highest BCUT2D eigenvalue weighted by molar-refractivity contribution is 7.84. The molecule has 0 aliphatic heterocycles. The number of aryl methyl sites for hydroxylation is 1. The molecule has 0 fully saturated rings. The van der Waals surface area contributed by atoms with E-state index in [2.05, 4.69) is 43.4 Å². The van der Waals surface area contributed by atoms with Crippen molar-refractivity contribution in [1.29, 1.82) is 0 Å². The first-order chi connectivity index (χ1) is 7.58. The molecule has 0 saturated carbocycles. The van der Waals surface area contributed by atoms with Gasteiger partial charge in [-0.2, -0.15) is 0 Å². The predicted molar refractivity (Wildman–Crippen MR) is 71.0 cm³/mol. The van der Waals surface area contributed by atoms with Gasteiger partial charge in [0.2, 0.25) is 0 Å². The first-order valence-electron chi connectivity index (χ1n) is 5.67. The zero-order valence-corrected chi connectivity index (χ0v) is 11.1. The van der Waals surface area contributed by atoms with Gasteiger partial charge in [-0.05, 0) is 25.8 Å². The van der Waals surface area contributed by atoms with Crippen LogP contribution in [0.3, 0.4) is 0 Å². The maximum Gasteiger partial charge on any atom is 0.0246 e. The molecule has 1 rings (SSSR count). The molecular formula is C13H21NOS. The molecule has 0 spiro atoms. The van der Waals surface area contributed by atoms with E-state index in [1.165, 1.54) is 11.1 Å². The molecule has 1 aromatic carbocycles. The smallest absolute Gasteiger partial charge is 0.0246 e. The second-order valence-corrected chi connectivity index (χ2v) is 5.89. The lowest BCUT2D eigenvalue weighted by molar-refractivity contribution is 0.535. The van der Waals surface area contributed by atoms with E-state index in [4.69, 9.17) is 0 Å². The van der Waals surface area contributed by atoms with E-state index in [0.29, 0.717) is 6.04 Å². The van der Waals surface area contributed by atoms with Gasteiger partial charge in [0.15, 0.2) is 0 Å². The van der Waals surface area contributed by atoms with Gasteiger partial charge < -0.3 is 5.32 Å². The molecule has 16 heavy (non-hydrogen) atoms. The number of nitrogens with one attached hydrogen (secondary N) is 1. The molecule has 0 bridgehead atoms. The Hall–Kier alpha value is -0.670. The Morgan fingerprint density at radius 2 is 2.19 bits per heavy atom. The molecule has 0 heterocycles. The molecule has 0 aromatic heterocycles. The van der Waals surface area contributed by atoms with Crippen molar-refractivity contribution in [1.82, 2.24) is 5.32 Å². The lowest BCUT2D eigenvalue weighted by atomic mass is 10.1. The highest BCUT2D eigenvalue weighted by Crippen LogP contribution is 2.04. The summed E-state index contributed by atoms with van der Waals surface area (Å²) in [6.45, 7) is 5.13. The molecule has 2 unspecified atom stereocenters. The summed E-state index contributed by atoms with van der Waals surface area (Å²) in [6, 6.07) is 8.93. The van der Waals surface area contributed by atoms with Crippen LogP contribution >= 0.6 is 0 Å². The van der Waals surface area contributed by atoms with Crippen molar-refractivity contribution in [2.24, 2.45) is 0 Å². The van der Waals surface area contributed by atoms with Crippen LogP contribution in [-0.2, 0) is 17.3 Å². The molecule has 0 radical (unpaired) electrons. The quantitative estimate of drug-likeness (QED) is 0.825. The van der Waals surface area contributed by atoms with Crippen LogP contribution < -0.4 is 5.32 Å². The minimum absolute atomic E-state index is 0.421. The van der Waals surface area contributed by atoms with Crippen LogP contribution in [0.15, 0.2) is 24.3 Å². The van der Waals surface area contributed by atoms with E-state index in [-0.39, 0.29) is 0 Å². The number of hydrogen-bond donors (Lipinski definition) is 1. The molecule has 0 saturated heterocycles. The average Bonchev–Trinajstić information content (AvgIpc) is 2.23. The highest BCUT2D eigenvalue weighted by atomic mass is 32.2. The molecule has 0 aliphatic rings. The first-order valence-corrected chi connectivity index (χ1v) is 7.39. The third kappa shape index (κ3) is 5.42. The Kier molecular flexibility index (Phi) is 5.71. The lowest BCUT2D eigenvalue weighted by Gasteiger charge is -2.13. The van der Waals surface area contributed by atoms with Crippen LogP contribution in [0.25, 0.3) is 0 Å². The topological polar surface area (TPSA) is 29.1 Å². The summed E-state index contributed by atoms with van der Waals surface area (Å²) in [7, 11) is -0.678. The van der Waals surface area contributed by atoms with E-state index in [1.807, 2.05) is 0 Å². The lowest BCUT2D eigenvalue weighted by Crippen LogP contribution is -2.26. The van der Waals surface area contributed by atoms with E-state index >= 15 is 0 Å². The van der Waals surface area contributed by atoms with Gasteiger partial charge in [-0.25, -0.2) is 0 Å². The van der Waals surface area contributed by atoms with E-state index in [0.717, 1.165) is 18.7 Å².